The van der Waals surface area contributed by atoms with Crippen molar-refractivity contribution in [3.05, 3.63) is 35.4 Å². The van der Waals surface area contributed by atoms with E-state index < -0.39 is 0 Å². The Labute approximate surface area is 78.8 Å². The Morgan fingerprint density at radius 2 is 1.92 bits per heavy atom. The minimum atomic E-state index is -0.359. The molecule has 0 heterocycles. The number of Topliss-reactive ketones (excluding diaryl/α,β-unsaturated/α-hetero) is 1. The van der Waals surface area contributed by atoms with Gasteiger partial charge in [-0.2, -0.15) is 0 Å². The second-order valence-electron chi connectivity index (χ2n) is 3.25. The van der Waals surface area contributed by atoms with E-state index in [4.69, 9.17) is 5.73 Å². The van der Waals surface area contributed by atoms with Gasteiger partial charge in [0.05, 0.1) is 6.04 Å². The first-order valence-electron chi connectivity index (χ1n) is 4.51. The quantitative estimate of drug-likeness (QED) is 0.717. The molecular weight excluding hydrogens is 162 g/mol. The molecule has 13 heavy (non-hydrogen) atoms. The predicted molar refractivity (Wildman–Crippen MR) is 53.8 cm³/mol. The smallest absolute Gasteiger partial charge is 0.179 e. The van der Waals surface area contributed by atoms with Gasteiger partial charge in [0.25, 0.3) is 0 Å². The monoisotopic (exact) mass is 177 g/mol. The van der Waals surface area contributed by atoms with Gasteiger partial charge in [0.2, 0.25) is 0 Å². The first-order valence-corrected chi connectivity index (χ1v) is 4.51. The molecule has 2 N–H and O–H groups in total. The standard InChI is InChI=1S/C11H15NO/c1-3-10(12)11(13)9-6-4-8(2)5-7-9/h4-7,10H,3,12H2,1-2H3. The van der Waals surface area contributed by atoms with Crippen LogP contribution in [0.25, 0.3) is 0 Å². The van der Waals surface area contributed by atoms with Crippen LogP contribution in [0.5, 0.6) is 0 Å². The zero-order valence-electron chi connectivity index (χ0n) is 8.08. The molecule has 0 radical (unpaired) electrons. The summed E-state index contributed by atoms with van der Waals surface area (Å²) < 4.78 is 0. The molecule has 0 aliphatic carbocycles. The van der Waals surface area contributed by atoms with Gasteiger partial charge < -0.3 is 5.73 Å². The van der Waals surface area contributed by atoms with Crippen LogP contribution < -0.4 is 5.73 Å². The lowest BCUT2D eigenvalue weighted by Gasteiger charge is -2.07. The molecule has 0 fully saturated rings. The Balaban J connectivity index is 2.83. The summed E-state index contributed by atoms with van der Waals surface area (Å²) in [4.78, 5) is 11.6. The molecule has 1 atom stereocenters. The first-order chi connectivity index (χ1) is 6.15. The maximum atomic E-state index is 11.6. The molecule has 0 spiro atoms. The van der Waals surface area contributed by atoms with Crippen LogP contribution in [-0.2, 0) is 0 Å². The van der Waals surface area contributed by atoms with Gasteiger partial charge in [0, 0.05) is 5.56 Å². The molecule has 0 saturated heterocycles. The lowest BCUT2D eigenvalue weighted by atomic mass is 10.0. The van der Waals surface area contributed by atoms with Gasteiger partial charge >= 0.3 is 0 Å². The minimum absolute atomic E-state index is 0.0301. The molecule has 0 amide bonds. The Morgan fingerprint density at radius 1 is 1.38 bits per heavy atom. The fourth-order valence-corrected chi connectivity index (χ4v) is 1.12. The van der Waals surface area contributed by atoms with Gasteiger partial charge in [-0.05, 0) is 13.3 Å². The second kappa shape index (κ2) is 4.19. The molecular formula is C11H15NO. The summed E-state index contributed by atoms with van der Waals surface area (Å²) in [6.45, 7) is 3.91. The van der Waals surface area contributed by atoms with Gasteiger partial charge in [-0.15, -0.1) is 0 Å². The third-order valence-corrected chi connectivity index (χ3v) is 2.11. The van der Waals surface area contributed by atoms with E-state index in [1.54, 1.807) is 0 Å². The van der Waals surface area contributed by atoms with E-state index in [9.17, 15) is 4.79 Å². The summed E-state index contributed by atoms with van der Waals surface area (Å²) >= 11 is 0. The highest BCUT2D eigenvalue weighted by Gasteiger charge is 2.12. The van der Waals surface area contributed by atoms with Crippen LogP contribution in [0.2, 0.25) is 0 Å². The number of hydrogen-bond donors (Lipinski definition) is 1. The van der Waals surface area contributed by atoms with Gasteiger partial charge in [-0.3, -0.25) is 4.79 Å². The van der Waals surface area contributed by atoms with Gasteiger partial charge in [-0.25, -0.2) is 0 Å². The predicted octanol–water partition coefficient (Wildman–Crippen LogP) is 1.92. The summed E-state index contributed by atoms with van der Waals surface area (Å²) in [5, 5.41) is 0. The van der Waals surface area contributed by atoms with Crippen LogP contribution in [0.1, 0.15) is 29.3 Å². The number of rotatable bonds is 3. The highest BCUT2D eigenvalue weighted by Crippen LogP contribution is 2.06. The Hall–Kier alpha value is -1.15. The van der Waals surface area contributed by atoms with E-state index in [2.05, 4.69) is 0 Å². The van der Waals surface area contributed by atoms with Crippen LogP contribution in [0.4, 0.5) is 0 Å². The molecule has 0 bridgehead atoms. The number of hydrogen-bond acceptors (Lipinski definition) is 2. The molecule has 2 nitrogen and oxygen atoms in total. The van der Waals surface area contributed by atoms with Crippen LogP contribution >= 0.6 is 0 Å². The summed E-state index contributed by atoms with van der Waals surface area (Å²) in [6, 6.07) is 7.15. The number of nitrogens with two attached hydrogens (primary N) is 1. The molecule has 0 aromatic heterocycles. The van der Waals surface area contributed by atoms with Crippen molar-refractivity contribution in [3.63, 3.8) is 0 Å². The topological polar surface area (TPSA) is 43.1 Å². The normalized spacial score (nSPS) is 12.5. The maximum absolute atomic E-state index is 11.6. The summed E-state index contributed by atoms with van der Waals surface area (Å²) in [5.74, 6) is 0.0301. The lowest BCUT2D eigenvalue weighted by Crippen LogP contribution is -2.29. The average molecular weight is 177 g/mol. The molecule has 0 saturated carbocycles. The van der Waals surface area contributed by atoms with Crippen molar-refractivity contribution in [1.82, 2.24) is 0 Å². The van der Waals surface area contributed by atoms with Crippen LogP contribution in [0.15, 0.2) is 24.3 Å². The molecule has 1 aromatic carbocycles. The van der Waals surface area contributed by atoms with Crippen molar-refractivity contribution in [2.24, 2.45) is 5.73 Å². The zero-order chi connectivity index (χ0) is 9.84. The van der Waals surface area contributed by atoms with Crippen LogP contribution in [0.3, 0.4) is 0 Å². The van der Waals surface area contributed by atoms with Crippen molar-refractivity contribution in [2.45, 2.75) is 26.3 Å². The maximum Gasteiger partial charge on any atom is 0.179 e. The molecule has 0 aliphatic heterocycles. The van der Waals surface area contributed by atoms with E-state index in [0.717, 1.165) is 5.56 Å². The van der Waals surface area contributed by atoms with E-state index in [-0.39, 0.29) is 11.8 Å². The number of carbonyl (C=O) groups excluding carboxylic acids is 1. The van der Waals surface area contributed by atoms with Crippen molar-refractivity contribution in [2.75, 3.05) is 0 Å². The number of ketones is 1. The van der Waals surface area contributed by atoms with Crippen LogP contribution in [-0.4, -0.2) is 11.8 Å². The third kappa shape index (κ3) is 2.39. The Morgan fingerprint density at radius 3 is 2.38 bits per heavy atom. The summed E-state index contributed by atoms with van der Waals surface area (Å²) in [6.07, 6.45) is 0.687. The minimum Gasteiger partial charge on any atom is -0.321 e. The first kappa shape index (κ1) is 9.93. The number of aryl methyl sites for hydroxylation is 1. The number of benzene rings is 1. The fourth-order valence-electron chi connectivity index (χ4n) is 1.12. The fraction of sp³-hybridized carbons (Fsp3) is 0.364. The highest BCUT2D eigenvalue weighted by molar-refractivity contribution is 5.99. The molecule has 2 heteroatoms. The summed E-state index contributed by atoms with van der Waals surface area (Å²) in [5.41, 5.74) is 7.50. The Bertz CT molecular complexity index is 289. The molecule has 0 aliphatic rings. The summed E-state index contributed by atoms with van der Waals surface area (Å²) in [7, 11) is 0. The van der Waals surface area contributed by atoms with Crippen molar-refractivity contribution in [1.29, 1.82) is 0 Å². The van der Waals surface area contributed by atoms with Gasteiger partial charge in [0.15, 0.2) is 5.78 Å². The molecule has 1 unspecified atom stereocenters. The third-order valence-electron chi connectivity index (χ3n) is 2.11. The zero-order valence-corrected chi connectivity index (χ0v) is 8.08. The van der Waals surface area contributed by atoms with Crippen LogP contribution in [0, 0.1) is 6.92 Å². The SMILES string of the molecule is CCC(N)C(=O)c1ccc(C)cc1. The van der Waals surface area contributed by atoms with Crippen molar-refractivity contribution < 1.29 is 4.79 Å². The van der Waals surface area contributed by atoms with E-state index in [1.807, 2.05) is 38.1 Å². The highest BCUT2D eigenvalue weighted by atomic mass is 16.1. The van der Waals surface area contributed by atoms with Gasteiger partial charge in [0.1, 0.15) is 0 Å². The largest absolute Gasteiger partial charge is 0.321 e. The molecule has 1 rings (SSSR count). The van der Waals surface area contributed by atoms with E-state index in [1.165, 1.54) is 0 Å². The second-order valence-corrected chi connectivity index (χ2v) is 3.25. The van der Waals surface area contributed by atoms with Crippen molar-refractivity contribution >= 4 is 5.78 Å². The Kier molecular flexibility index (Phi) is 3.20. The molecule has 1 aromatic rings. The van der Waals surface area contributed by atoms with Gasteiger partial charge in [-0.1, -0.05) is 36.8 Å². The van der Waals surface area contributed by atoms with Crippen molar-refractivity contribution in [3.8, 4) is 0 Å². The average Bonchev–Trinajstić information content (AvgIpc) is 2.17. The lowest BCUT2D eigenvalue weighted by molar-refractivity contribution is 0.0959. The van der Waals surface area contributed by atoms with E-state index >= 15 is 0 Å². The van der Waals surface area contributed by atoms with E-state index in [0.29, 0.717) is 12.0 Å². The molecule has 70 valence electrons. The number of carbonyl (C=O) groups is 1.